The van der Waals surface area contributed by atoms with Gasteiger partial charge < -0.3 is 15.4 Å². The van der Waals surface area contributed by atoms with E-state index < -0.39 is 0 Å². The van der Waals surface area contributed by atoms with Gasteiger partial charge in [0.05, 0.1) is 18.5 Å². The summed E-state index contributed by atoms with van der Waals surface area (Å²) >= 11 is 1.26. The molecule has 2 aromatic heterocycles. The minimum atomic E-state index is -0.364. The zero-order valence-corrected chi connectivity index (χ0v) is 14.4. The van der Waals surface area contributed by atoms with E-state index in [4.69, 9.17) is 4.74 Å². The Morgan fingerprint density at radius 1 is 1.35 bits per heavy atom. The Bertz CT molecular complexity index is 727. The Balaban J connectivity index is 2.27. The molecule has 7 nitrogen and oxygen atoms in total. The summed E-state index contributed by atoms with van der Waals surface area (Å²) in [6, 6.07) is 0.0769. The average Bonchev–Trinajstić information content (AvgIpc) is 2.83. The van der Waals surface area contributed by atoms with Crippen LogP contribution in [0.4, 0.5) is 5.82 Å². The third kappa shape index (κ3) is 3.95. The van der Waals surface area contributed by atoms with Gasteiger partial charge in [0.25, 0.3) is 0 Å². The first-order chi connectivity index (χ1) is 10.9. The lowest BCUT2D eigenvalue weighted by molar-refractivity contribution is -0.119. The number of thiophene rings is 1. The first-order valence-corrected chi connectivity index (χ1v) is 8.20. The van der Waals surface area contributed by atoms with Crippen LogP contribution in [0.3, 0.4) is 0 Å². The molecular formula is C15H20N4O3S. The molecule has 0 radical (unpaired) electrons. The van der Waals surface area contributed by atoms with Crippen LogP contribution in [0.15, 0.2) is 6.33 Å². The highest BCUT2D eigenvalue weighted by atomic mass is 32.1. The van der Waals surface area contributed by atoms with Gasteiger partial charge in [-0.2, -0.15) is 0 Å². The average molecular weight is 336 g/mol. The fourth-order valence-corrected chi connectivity index (χ4v) is 3.18. The van der Waals surface area contributed by atoms with Gasteiger partial charge in [0.15, 0.2) is 0 Å². The van der Waals surface area contributed by atoms with Crippen molar-refractivity contribution in [2.45, 2.75) is 33.7 Å². The highest BCUT2D eigenvalue weighted by Gasteiger charge is 2.20. The van der Waals surface area contributed by atoms with Gasteiger partial charge in [-0.05, 0) is 33.3 Å². The van der Waals surface area contributed by atoms with Crippen molar-refractivity contribution in [3.8, 4) is 0 Å². The Labute approximate surface area is 138 Å². The molecule has 0 aromatic carbocycles. The normalized spacial score (nSPS) is 10.8. The van der Waals surface area contributed by atoms with Crippen LogP contribution >= 0.6 is 11.3 Å². The number of nitrogens with zero attached hydrogens (tertiary/aromatic N) is 2. The van der Waals surface area contributed by atoms with Gasteiger partial charge in [0.1, 0.15) is 21.9 Å². The first kappa shape index (κ1) is 17.1. The lowest BCUT2D eigenvalue weighted by atomic mass is 10.2. The lowest BCUT2D eigenvalue weighted by Gasteiger charge is -2.10. The number of aromatic nitrogens is 2. The second kappa shape index (κ2) is 7.36. The molecule has 2 heterocycles. The van der Waals surface area contributed by atoms with Crippen molar-refractivity contribution in [2.24, 2.45) is 0 Å². The number of nitrogens with one attached hydrogen (secondary N) is 2. The van der Waals surface area contributed by atoms with E-state index in [9.17, 15) is 9.59 Å². The van der Waals surface area contributed by atoms with Gasteiger partial charge in [-0.15, -0.1) is 11.3 Å². The van der Waals surface area contributed by atoms with Crippen LogP contribution in [0, 0.1) is 6.92 Å². The van der Waals surface area contributed by atoms with Crippen molar-refractivity contribution < 1.29 is 14.3 Å². The topological polar surface area (TPSA) is 93.2 Å². The SMILES string of the molecule is CCOC(=O)c1sc2ncnc(NCC(=O)NC(C)C)c2c1C. The summed E-state index contributed by atoms with van der Waals surface area (Å²) in [7, 11) is 0. The first-order valence-electron chi connectivity index (χ1n) is 7.38. The third-order valence-electron chi connectivity index (χ3n) is 3.05. The van der Waals surface area contributed by atoms with E-state index in [2.05, 4.69) is 20.6 Å². The highest BCUT2D eigenvalue weighted by molar-refractivity contribution is 7.20. The molecule has 0 saturated heterocycles. The van der Waals surface area contributed by atoms with Crippen LogP contribution in [0.2, 0.25) is 0 Å². The minimum absolute atomic E-state index is 0.0769. The van der Waals surface area contributed by atoms with Gasteiger partial charge in [0, 0.05) is 6.04 Å². The van der Waals surface area contributed by atoms with Gasteiger partial charge in [-0.25, -0.2) is 14.8 Å². The Kier molecular flexibility index (Phi) is 5.49. The summed E-state index contributed by atoms with van der Waals surface area (Å²) in [6.45, 7) is 7.81. The highest BCUT2D eigenvalue weighted by Crippen LogP contribution is 2.33. The molecule has 124 valence electrons. The summed E-state index contributed by atoms with van der Waals surface area (Å²) in [5.74, 6) is 0.0555. The smallest absolute Gasteiger partial charge is 0.348 e. The van der Waals surface area contributed by atoms with Gasteiger partial charge >= 0.3 is 5.97 Å². The molecule has 23 heavy (non-hydrogen) atoms. The number of carbonyl (C=O) groups excluding carboxylic acids is 2. The van der Waals surface area contributed by atoms with Gasteiger partial charge in [-0.3, -0.25) is 4.79 Å². The predicted octanol–water partition coefficient (Wildman–Crippen LogP) is 2.11. The maximum Gasteiger partial charge on any atom is 0.348 e. The molecule has 2 N–H and O–H groups in total. The van der Waals surface area contributed by atoms with E-state index in [1.807, 2.05) is 20.8 Å². The molecule has 0 aliphatic rings. The number of rotatable bonds is 6. The molecule has 0 fully saturated rings. The molecule has 2 rings (SSSR count). The van der Waals surface area contributed by atoms with Crippen LogP contribution in [0.5, 0.6) is 0 Å². The van der Waals surface area contributed by atoms with Crippen LogP contribution in [-0.2, 0) is 9.53 Å². The van der Waals surface area contributed by atoms with E-state index >= 15 is 0 Å². The van der Waals surface area contributed by atoms with Crippen molar-refractivity contribution in [2.75, 3.05) is 18.5 Å². The summed E-state index contributed by atoms with van der Waals surface area (Å²) in [5.41, 5.74) is 0.760. The maximum atomic E-state index is 12.0. The van der Waals surface area contributed by atoms with Gasteiger partial charge in [0.2, 0.25) is 5.91 Å². The maximum absolute atomic E-state index is 12.0. The molecule has 1 amide bonds. The molecular weight excluding hydrogens is 316 g/mol. The lowest BCUT2D eigenvalue weighted by Crippen LogP contribution is -2.35. The van der Waals surface area contributed by atoms with Crippen LogP contribution in [0.1, 0.15) is 36.0 Å². The number of esters is 1. The standard InChI is InChI=1S/C15H20N4O3S/c1-5-22-15(21)12-9(4)11-13(17-7-18-14(11)23-12)16-6-10(20)19-8(2)3/h7-8H,5-6H2,1-4H3,(H,19,20)(H,16,17,18). The van der Waals surface area contributed by atoms with Crippen LogP contribution in [0.25, 0.3) is 10.2 Å². The molecule has 0 aliphatic carbocycles. The number of hydrogen-bond donors (Lipinski definition) is 2. The number of fused-ring (bicyclic) bond motifs is 1. The summed E-state index contributed by atoms with van der Waals surface area (Å²) in [6.07, 6.45) is 1.41. The quantitative estimate of drug-likeness (QED) is 0.785. The van der Waals surface area contributed by atoms with Crippen molar-refractivity contribution in [3.63, 3.8) is 0 Å². The summed E-state index contributed by atoms with van der Waals surface area (Å²) in [5, 5.41) is 6.56. The Morgan fingerprint density at radius 2 is 2.09 bits per heavy atom. The molecule has 0 saturated carbocycles. The molecule has 0 bridgehead atoms. The number of aryl methyl sites for hydroxylation is 1. The molecule has 0 spiro atoms. The van der Waals surface area contributed by atoms with Crippen LogP contribution < -0.4 is 10.6 Å². The molecule has 0 aliphatic heterocycles. The van der Waals surface area contributed by atoms with Gasteiger partial charge in [-0.1, -0.05) is 0 Å². The van der Waals surface area contributed by atoms with E-state index in [1.54, 1.807) is 6.92 Å². The predicted molar refractivity (Wildman–Crippen MR) is 89.9 cm³/mol. The summed E-state index contributed by atoms with van der Waals surface area (Å²) < 4.78 is 5.06. The third-order valence-corrected chi connectivity index (χ3v) is 4.23. The van der Waals surface area contributed by atoms with E-state index in [0.29, 0.717) is 22.1 Å². The van der Waals surface area contributed by atoms with Crippen LogP contribution in [-0.4, -0.2) is 41.0 Å². The van der Waals surface area contributed by atoms with Crippen molar-refractivity contribution >= 4 is 39.2 Å². The number of amides is 1. The number of carbonyl (C=O) groups is 2. The van der Waals surface area contributed by atoms with E-state index in [-0.39, 0.29) is 24.5 Å². The Morgan fingerprint density at radius 3 is 2.74 bits per heavy atom. The number of ether oxygens (including phenoxy) is 1. The van der Waals surface area contributed by atoms with Crippen molar-refractivity contribution in [1.29, 1.82) is 0 Å². The molecule has 0 unspecified atom stereocenters. The van der Waals surface area contributed by atoms with Crippen molar-refractivity contribution in [1.82, 2.24) is 15.3 Å². The largest absolute Gasteiger partial charge is 0.462 e. The monoisotopic (exact) mass is 336 g/mol. The summed E-state index contributed by atoms with van der Waals surface area (Å²) in [4.78, 5) is 33.3. The Hall–Kier alpha value is -2.22. The molecule has 2 aromatic rings. The second-order valence-electron chi connectivity index (χ2n) is 5.25. The molecule has 8 heteroatoms. The second-order valence-corrected chi connectivity index (χ2v) is 6.25. The fraction of sp³-hybridized carbons (Fsp3) is 0.467. The molecule has 0 atom stereocenters. The van der Waals surface area contributed by atoms with E-state index in [0.717, 1.165) is 10.9 Å². The van der Waals surface area contributed by atoms with Crippen molar-refractivity contribution in [3.05, 3.63) is 16.8 Å². The zero-order chi connectivity index (χ0) is 17.0. The fourth-order valence-electron chi connectivity index (χ4n) is 2.13. The minimum Gasteiger partial charge on any atom is -0.462 e. The number of anilines is 1. The van der Waals surface area contributed by atoms with E-state index in [1.165, 1.54) is 17.7 Å². The number of hydrogen-bond acceptors (Lipinski definition) is 7. The zero-order valence-electron chi connectivity index (χ0n) is 13.6.